The Labute approximate surface area is 119 Å². The maximum absolute atomic E-state index is 13.3. The van der Waals surface area contributed by atoms with Crippen molar-refractivity contribution in [3.05, 3.63) is 28.5 Å². The van der Waals surface area contributed by atoms with E-state index in [2.05, 4.69) is 21.2 Å². The van der Waals surface area contributed by atoms with Crippen LogP contribution >= 0.6 is 15.9 Å². The lowest BCUT2D eigenvalue weighted by Crippen LogP contribution is -2.34. The molecule has 1 saturated heterocycles. The molecule has 1 aromatic rings. The molecule has 0 bridgehead atoms. The largest absolute Gasteiger partial charge is 0.393 e. The average molecular weight is 331 g/mol. The Kier molecular flexibility index (Phi) is 4.42. The standard InChI is InChI=1S/C13H16BrFN2O2/c1-8(18)9-4-5-17(7-9)13(19)16-10-2-3-11(14)12(15)6-10/h2-3,6,8-9,18H,4-5,7H2,1H3,(H,16,19). The minimum Gasteiger partial charge on any atom is -0.393 e. The molecule has 0 radical (unpaired) electrons. The quantitative estimate of drug-likeness (QED) is 0.876. The van der Waals surface area contributed by atoms with E-state index in [9.17, 15) is 14.3 Å². The van der Waals surface area contributed by atoms with E-state index >= 15 is 0 Å². The monoisotopic (exact) mass is 330 g/mol. The van der Waals surface area contributed by atoms with Crippen LogP contribution in [0.2, 0.25) is 0 Å². The maximum Gasteiger partial charge on any atom is 0.321 e. The first kappa shape index (κ1) is 14.3. The summed E-state index contributed by atoms with van der Waals surface area (Å²) in [4.78, 5) is 13.6. The highest BCUT2D eigenvalue weighted by Crippen LogP contribution is 2.22. The van der Waals surface area contributed by atoms with Crippen LogP contribution in [0.4, 0.5) is 14.9 Å². The predicted molar refractivity (Wildman–Crippen MR) is 74.5 cm³/mol. The van der Waals surface area contributed by atoms with E-state index in [1.165, 1.54) is 6.07 Å². The van der Waals surface area contributed by atoms with Gasteiger partial charge in [-0.2, -0.15) is 0 Å². The second-order valence-corrected chi connectivity index (χ2v) is 5.65. The molecule has 1 heterocycles. The van der Waals surface area contributed by atoms with Crippen LogP contribution in [0.15, 0.2) is 22.7 Å². The molecule has 1 aromatic carbocycles. The van der Waals surface area contributed by atoms with Gasteiger partial charge in [-0.1, -0.05) is 0 Å². The first-order chi connectivity index (χ1) is 8.97. The number of hydrogen-bond donors (Lipinski definition) is 2. The van der Waals surface area contributed by atoms with Gasteiger partial charge in [-0.25, -0.2) is 9.18 Å². The summed E-state index contributed by atoms with van der Waals surface area (Å²) in [5.74, 6) is -0.298. The number of amides is 2. The third kappa shape index (κ3) is 3.45. The number of likely N-dealkylation sites (tertiary alicyclic amines) is 1. The Morgan fingerprint density at radius 2 is 2.37 bits per heavy atom. The lowest BCUT2D eigenvalue weighted by Gasteiger charge is -2.18. The first-order valence-electron chi connectivity index (χ1n) is 6.16. The Bertz CT molecular complexity index is 482. The van der Waals surface area contributed by atoms with Crippen molar-refractivity contribution in [3.63, 3.8) is 0 Å². The Balaban J connectivity index is 1.96. The number of anilines is 1. The van der Waals surface area contributed by atoms with E-state index in [1.807, 2.05) is 0 Å². The third-order valence-electron chi connectivity index (χ3n) is 3.37. The number of nitrogens with one attached hydrogen (secondary N) is 1. The summed E-state index contributed by atoms with van der Waals surface area (Å²) in [6, 6.07) is 4.19. The van der Waals surface area contributed by atoms with Crippen LogP contribution < -0.4 is 5.32 Å². The van der Waals surface area contributed by atoms with Crippen LogP contribution in [0.5, 0.6) is 0 Å². The van der Waals surface area contributed by atoms with E-state index in [0.717, 1.165) is 6.42 Å². The van der Waals surface area contributed by atoms with E-state index in [1.54, 1.807) is 24.0 Å². The van der Waals surface area contributed by atoms with E-state index in [0.29, 0.717) is 23.2 Å². The van der Waals surface area contributed by atoms with Crippen LogP contribution in [-0.4, -0.2) is 35.2 Å². The molecule has 1 aliphatic heterocycles. The van der Waals surface area contributed by atoms with Crippen molar-refractivity contribution in [1.82, 2.24) is 4.90 Å². The number of benzene rings is 1. The topological polar surface area (TPSA) is 52.6 Å². The van der Waals surface area contributed by atoms with Crippen LogP contribution in [0.25, 0.3) is 0 Å². The molecule has 1 aliphatic rings. The van der Waals surface area contributed by atoms with Gasteiger partial charge in [0.05, 0.1) is 10.6 Å². The molecule has 19 heavy (non-hydrogen) atoms. The maximum atomic E-state index is 13.3. The number of rotatable bonds is 2. The molecule has 0 spiro atoms. The van der Waals surface area contributed by atoms with Gasteiger partial charge in [0.25, 0.3) is 0 Å². The summed E-state index contributed by atoms with van der Waals surface area (Å²) in [5.41, 5.74) is 0.422. The number of carbonyl (C=O) groups excluding carboxylic acids is 1. The predicted octanol–water partition coefficient (Wildman–Crippen LogP) is 2.82. The second kappa shape index (κ2) is 5.88. The zero-order valence-corrected chi connectivity index (χ0v) is 12.2. The van der Waals surface area contributed by atoms with Crippen LogP contribution in [0.1, 0.15) is 13.3 Å². The molecule has 104 valence electrons. The summed E-state index contributed by atoms with van der Waals surface area (Å²) in [6.07, 6.45) is 0.377. The highest BCUT2D eigenvalue weighted by Gasteiger charge is 2.29. The highest BCUT2D eigenvalue weighted by atomic mass is 79.9. The number of aliphatic hydroxyl groups excluding tert-OH is 1. The van der Waals surface area contributed by atoms with Gasteiger partial charge < -0.3 is 15.3 Å². The molecule has 1 fully saturated rings. The molecule has 0 saturated carbocycles. The molecule has 2 N–H and O–H groups in total. The molecule has 2 atom stereocenters. The Morgan fingerprint density at radius 1 is 1.63 bits per heavy atom. The van der Waals surface area contributed by atoms with Crippen molar-refractivity contribution in [2.45, 2.75) is 19.4 Å². The zero-order valence-electron chi connectivity index (χ0n) is 10.6. The number of carbonyl (C=O) groups is 1. The van der Waals surface area contributed by atoms with Crippen molar-refractivity contribution in [3.8, 4) is 0 Å². The normalized spacial score (nSPS) is 20.4. The van der Waals surface area contributed by atoms with E-state index in [-0.39, 0.29) is 11.9 Å². The molecule has 2 amide bonds. The van der Waals surface area contributed by atoms with Gasteiger partial charge in [0.2, 0.25) is 0 Å². The van der Waals surface area contributed by atoms with Crippen molar-refractivity contribution in [2.24, 2.45) is 5.92 Å². The van der Waals surface area contributed by atoms with Gasteiger partial charge in [0.15, 0.2) is 0 Å². The zero-order chi connectivity index (χ0) is 14.0. The number of aliphatic hydroxyl groups is 1. The van der Waals surface area contributed by atoms with Crippen LogP contribution in [-0.2, 0) is 0 Å². The fraction of sp³-hybridized carbons (Fsp3) is 0.462. The highest BCUT2D eigenvalue weighted by molar-refractivity contribution is 9.10. The van der Waals surface area contributed by atoms with E-state index in [4.69, 9.17) is 0 Å². The summed E-state index contributed by atoms with van der Waals surface area (Å²) in [5, 5.41) is 12.2. The van der Waals surface area contributed by atoms with Gasteiger partial charge in [-0.15, -0.1) is 0 Å². The molecule has 0 aliphatic carbocycles. The molecule has 4 nitrogen and oxygen atoms in total. The third-order valence-corrected chi connectivity index (χ3v) is 4.01. The fourth-order valence-corrected chi connectivity index (χ4v) is 2.39. The Hall–Kier alpha value is -1.14. The number of nitrogens with zero attached hydrogens (tertiary/aromatic N) is 1. The average Bonchev–Trinajstić information content (AvgIpc) is 2.83. The van der Waals surface area contributed by atoms with Crippen LogP contribution in [0.3, 0.4) is 0 Å². The van der Waals surface area contributed by atoms with Gasteiger partial charge in [-0.3, -0.25) is 0 Å². The molecule has 0 aromatic heterocycles. The van der Waals surface area contributed by atoms with E-state index < -0.39 is 11.9 Å². The molecule has 2 rings (SSSR count). The van der Waals surface area contributed by atoms with Crippen molar-refractivity contribution < 1.29 is 14.3 Å². The van der Waals surface area contributed by atoms with Crippen molar-refractivity contribution >= 4 is 27.6 Å². The molecular formula is C13H16BrFN2O2. The number of hydrogen-bond acceptors (Lipinski definition) is 2. The molecule has 2 unspecified atom stereocenters. The number of urea groups is 1. The first-order valence-corrected chi connectivity index (χ1v) is 6.95. The summed E-state index contributed by atoms with van der Waals surface area (Å²) >= 11 is 3.06. The lowest BCUT2D eigenvalue weighted by molar-refractivity contribution is 0.130. The molecule has 6 heteroatoms. The van der Waals surface area contributed by atoms with Crippen molar-refractivity contribution in [2.75, 3.05) is 18.4 Å². The summed E-state index contributed by atoms with van der Waals surface area (Å²) in [7, 11) is 0. The van der Waals surface area contributed by atoms with Gasteiger partial charge >= 0.3 is 6.03 Å². The smallest absolute Gasteiger partial charge is 0.321 e. The summed E-state index contributed by atoms with van der Waals surface area (Å²) in [6.45, 7) is 2.87. The van der Waals surface area contributed by atoms with Crippen molar-refractivity contribution in [1.29, 1.82) is 0 Å². The SMILES string of the molecule is CC(O)C1CCN(C(=O)Nc2ccc(Br)c(F)c2)C1. The van der Waals surface area contributed by atoms with Gasteiger partial charge in [0.1, 0.15) is 5.82 Å². The van der Waals surface area contributed by atoms with Gasteiger partial charge in [0, 0.05) is 24.7 Å². The lowest BCUT2D eigenvalue weighted by atomic mass is 10.0. The Morgan fingerprint density at radius 3 is 2.95 bits per heavy atom. The van der Waals surface area contributed by atoms with Gasteiger partial charge in [-0.05, 0) is 47.5 Å². The number of halogens is 2. The second-order valence-electron chi connectivity index (χ2n) is 4.79. The fourth-order valence-electron chi connectivity index (χ4n) is 2.14. The van der Waals surface area contributed by atoms with Crippen LogP contribution in [0, 0.1) is 11.7 Å². The summed E-state index contributed by atoms with van der Waals surface area (Å²) < 4.78 is 13.7. The molecular weight excluding hydrogens is 315 g/mol. The minimum atomic E-state index is -0.416. The minimum absolute atomic E-state index is 0.118.